The standard InChI is InChI=1S/C15H17ClFN5O4S/c1-27-14-19-10-9(17)12(16)20-13(11(10)26-21-14)25-5-7-8-3-2-6(4-18-7)22(8)15(23)24/h6-8,18H,2-5H2,1H3,(H,19,21)(H,23,24)/t6-,7-,8+/m1/s1. The molecule has 2 fully saturated rings. The van der Waals surface area contributed by atoms with Gasteiger partial charge in [-0.15, -0.1) is 0 Å². The Bertz CT molecular complexity index is 813. The number of thioether (sulfide) groups is 1. The SMILES string of the molecule is CSC1=Nc2c(F)c(Cl)nc(OC[C@H]3NC[C@H]4CC[C@@H]3N4C(=O)O)c2ON1. The maximum Gasteiger partial charge on any atom is 0.407 e. The number of halogens is 2. The normalized spacial score (nSPS) is 26.0. The number of amidine groups is 1. The van der Waals surface area contributed by atoms with Gasteiger partial charge in [0.2, 0.25) is 5.75 Å². The first-order chi connectivity index (χ1) is 13.0. The number of pyridine rings is 1. The number of aliphatic imine (C=N–C) groups is 1. The second-order valence-electron chi connectivity index (χ2n) is 6.34. The first-order valence-corrected chi connectivity index (χ1v) is 9.91. The van der Waals surface area contributed by atoms with E-state index in [1.807, 2.05) is 0 Å². The van der Waals surface area contributed by atoms with Crippen molar-refractivity contribution in [2.45, 2.75) is 31.0 Å². The number of hydroxylamine groups is 1. The molecule has 0 aromatic carbocycles. The van der Waals surface area contributed by atoms with Gasteiger partial charge in [0.1, 0.15) is 6.61 Å². The zero-order chi connectivity index (χ0) is 19.1. The summed E-state index contributed by atoms with van der Waals surface area (Å²) in [4.78, 5) is 26.4. The molecular weight excluding hydrogens is 401 g/mol. The van der Waals surface area contributed by atoms with Crippen molar-refractivity contribution in [3.63, 3.8) is 0 Å². The third-order valence-electron chi connectivity index (χ3n) is 4.89. The quantitative estimate of drug-likeness (QED) is 0.641. The zero-order valence-corrected chi connectivity index (χ0v) is 15.8. The van der Waals surface area contributed by atoms with Gasteiger partial charge < -0.3 is 20.0 Å². The van der Waals surface area contributed by atoms with E-state index in [1.165, 1.54) is 16.7 Å². The minimum Gasteiger partial charge on any atom is -0.473 e. The molecule has 3 aliphatic rings. The summed E-state index contributed by atoms with van der Waals surface area (Å²) in [5.41, 5.74) is 2.49. The van der Waals surface area contributed by atoms with Gasteiger partial charge in [-0.3, -0.25) is 4.90 Å². The van der Waals surface area contributed by atoms with Gasteiger partial charge in [0.05, 0.1) is 12.1 Å². The topological polar surface area (TPSA) is 108 Å². The number of piperazine rings is 1. The molecule has 2 bridgehead atoms. The summed E-state index contributed by atoms with van der Waals surface area (Å²) in [6, 6.07) is -0.419. The third kappa shape index (κ3) is 3.23. The maximum absolute atomic E-state index is 14.3. The van der Waals surface area contributed by atoms with Crippen LogP contribution in [-0.4, -0.2) is 63.8 Å². The average molecular weight is 418 g/mol. The lowest BCUT2D eigenvalue weighted by Crippen LogP contribution is -2.61. The summed E-state index contributed by atoms with van der Waals surface area (Å²) in [7, 11) is 0. The van der Waals surface area contributed by atoms with Crippen LogP contribution in [0.25, 0.3) is 0 Å². The van der Waals surface area contributed by atoms with E-state index < -0.39 is 11.9 Å². The van der Waals surface area contributed by atoms with Crippen LogP contribution in [0.1, 0.15) is 12.8 Å². The molecule has 9 nitrogen and oxygen atoms in total. The van der Waals surface area contributed by atoms with Crippen molar-refractivity contribution >= 4 is 40.3 Å². The number of hydrogen-bond donors (Lipinski definition) is 3. The molecule has 1 amide bonds. The monoisotopic (exact) mass is 417 g/mol. The Hall–Kier alpha value is -1.98. The molecule has 4 heterocycles. The Morgan fingerprint density at radius 2 is 2.37 bits per heavy atom. The van der Waals surface area contributed by atoms with Crippen LogP contribution >= 0.6 is 23.4 Å². The minimum absolute atomic E-state index is 0.00315. The summed E-state index contributed by atoms with van der Waals surface area (Å²) in [5, 5.41) is 12.7. The fourth-order valence-corrected chi connectivity index (χ4v) is 4.13. The third-order valence-corrected chi connectivity index (χ3v) is 5.70. The van der Waals surface area contributed by atoms with Crippen LogP contribution in [0.4, 0.5) is 14.9 Å². The number of ether oxygens (including phenoxy) is 1. The summed E-state index contributed by atoms with van der Waals surface area (Å²) in [6.45, 7) is 0.691. The van der Waals surface area contributed by atoms with Gasteiger partial charge in [0.15, 0.2) is 21.8 Å². The van der Waals surface area contributed by atoms with Gasteiger partial charge in [-0.2, -0.15) is 10.5 Å². The summed E-state index contributed by atoms with van der Waals surface area (Å²) >= 11 is 7.12. The fraction of sp³-hybridized carbons (Fsp3) is 0.533. The lowest BCUT2D eigenvalue weighted by Gasteiger charge is -2.38. The molecular formula is C15H17ClFN5O4S. The van der Waals surface area contributed by atoms with E-state index in [0.29, 0.717) is 11.7 Å². The highest BCUT2D eigenvalue weighted by Crippen LogP contribution is 2.42. The van der Waals surface area contributed by atoms with Crippen LogP contribution in [0.15, 0.2) is 4.99 Å². The number of carbonyl (C=O) groups is 1. The van der Waals surface area contributed by atoms with Crippen molar-refractivity contribution in [1.29, 1.82) is 0 Å². The first-order valence-electron chi connectivity index (χ1n) is 8.31. The van der Waals surface area contributed by atoms with Gasteiger partial charge in [0, 0.05) is 12.6 Å². The van der Waals surface area contributed by atoms with Crippen LogP contribution in [0.2, 0.25) is 5.15 Å². The highest BCUT2D eigenvalue weighted by molar-refractivity contribution is 8.13. The van der Waals surface area contributed by atoms with E-state index in [9.17, 15) is 14.3 Å². The molecule has 3 atom stereocenters. The molecule has 0 unspecified atom stereocenters. The predicted octanol–water partition coefficient (Wildman–Crippen LogP) is 1.98. The highest BCUT2D eigenvalue weighted by Gasteiger charge is 2.45. The Balaban J connectivity index is 1.55. The van der Waals surface area contributed by atoms with Gasteiger partial charge in [-0.1, -0.05) is 23.4 Å². The maximum atomic E-state index is 14.3. The molecule has 1 aromatic rings. The molecule has 0 saturated carbocycles. The van der Waals surface area contributed by atoms with Crippen molar-refractivity contribution in [3.05, 3.63) is 11.0 Å². The van der Waals surface area contributed by atoms with Crippen molar-refractivity contribution in [2.75, 3.05) is 19.4 Å². The number of nitrogens with zero attached hydrogens (tertiary/aromatic N) is 3. The van der Waals surface area contributed by atoms with Gasteiger partial charge in [0.25, 0.3) is 5.88 Å². The molecule has 3 N–H and O–H groups in total. The van der Waals surface area contributed by atoms with E-state index >= 15 is 0 Å². The Labute approximate surface area is 163 Å². The second kappa shape index (κ2) is 7.21. The number of nitrogens with one attached hydrogen (secondary N) is 2. The lowest BCUT2D eigenvalue weighted by molar-refractivity contribution is 0.0767. The summed E-state index contributed by atoms with van der Waals surface area (Å²) in [5.74, 6) is -0.792. The smallest absolute Gasteiger partial charge is 0.407 e. The van der Waals surface area contributed by atoms with Crippen LogP contribution < -0.4 is 20.4 Å². The zero-order valence-electron chi connectivity index (χ0n) is 14.2. The minimum atomic E-state index is -0.930. The predicted molar refractivity (Wildman–Crippen MR) is 97.5 cm³/mol. The molecule has 0 radical (unpaired) electrons. The number of carboxylic acid groups (broad SMARTS) is 1. The number of aromatic nitrogens is 1. The second-order valence-corrected chi connectivity index (χ2v) is 7.49. The molecule has 2 saturated heterocycles. The van der Waals surface area contributed by atoms with Gasteiger partial charge >= 0.3 is 6.09 Å². The lowest BCUT2D eigenvalue weighted by atomic mass is 10.1. The van der Waals surface area contributed by atoms with Crippen LogP contribution in [-0.2, 0) is 0 Å². The Kier molecular flexibility index (Phi) is 4.91. The average Bonchev–Trinajstić information content (AvgIpc) is 2.99. The Morgan fingerprint density at radius 1 is 1.56 bits per heavy atom. The molecule has 146 valence electrons. The molecule has 12 heteroatoms. The Morgan fingerprint density at radius 3 is 3.11 bits per heavy atom. The van der Waals surface area contributed by atoms with Gasteiger partial charge in [-0.25, -0.2) is 14.2 Å². The molecule has 0 aliphatic carbocycles. The fourth-order valence-electron chi connectivity index (χ4n) is 3.65. The largest absolute Gasteiger partial charge is 0.473 e. The molecule has 1 aromatic heterocycles. The van der Waals surface area contributed by atoms with Crippen LogP contribution in [0, 0.1) is 5.82 Å². The van der Waals surface area contributed by atoms with Gasteiger partial charge in [-0.05, 0) is 19.1 Å². The number of fused-ring (bicyclic) bond motifs is 3. The molecule has 3 aliphatic heterocycles. The van der Waals surface area contributed by atoms with Crippen molar-refractivity contribution < 1.29 is 23.9 Å². The van der Waals surface area contributed by atoms with Crippen molar-refractivity contribution in [3.8, 4) is 11.6 Å². The number of hydrogen-bond acceptors (Lipinski definition) is 8. The molecule has 27 heavy (non-hydrogen) atoms. The first kappa shape index (κ1) is 18.4. The van der Waals surface area contributed by atoms with Crippen molar-refractivity contribution in [2.24, 2.45) is 4.99 Å². The molecule has 0 spiro atoms. The van der Waals surface area contributed by atoms with E-state index in [4.69, 9.17) is 21.2 Å². The molecule has 4 rings (SSSR count). The van der Waals surface area contributed by atoms with E-state index in [2.05, 4.69) is 20.8 Å². The van der Waals surface area contributed by atoms with Crippen molar-refractivity contribution in [1.82, 2.24) is 20.7 Å². The van der Waals surface area contributed by atoms with E-state index in [-0.39, 0.29) is 47.2 Å². The highest BCUT2D eigenvalue weighted by atomic mass is 35.5. The van der Waals surface area contributed by atoms with Crippen LogP contribution in [0.5, 0.6) is 11.6 Å². The summed E-state index contributed by atoms with van der Waals surface area (Å²) < 4.78 is 20.0. The van der Waals surface area contributed by atoms with Crippen LogP contribution in [0.3, 0.4) is 0 Å². The van der Waals surface area contributed by atoms with E-state index in [1.54, 1.807) is 6.26 Å². The summed E-state index contributed by atoms with van der Waals surface area (Å²) in [6.07, 6.45) is 2.40. The van der Waals surface area contributed by atoms with E-state index in [0.717, 1.165) is 12.8 Å². The number of rotatable bonds is 3. The number of amides is 1.